The first-order chi connectivity index (χ1) is 13.6. The number of aliphatic hydroxyl groups excluding tert-OH is 1. The van der Waals surface area contributed by atoms with E-state index in [1.165, 1.54) is 51.3 Å². The molecule has 0 radical (unpaired) electrons. The maximum Gasteiger partial charge on any atom is 0.294 e. The Morgan fingerprint density at radius 3 is 2.38 bits per heavy atom. The van der Waals surface area contributed by atoms with Crippen LogP contribution < -0.4 is 14.9 Å². The molecule has 4 N–H and O–H groups in total. The van der Waals surface area contributed by atoms with Gasteiger partial charge >= 0.3 is 0 Å². The van der Waals surface area contributed by atoms with Crippen molar-refractivity contribution in [1.29, 1.82) is 0 Å². The predicted molar refractivity (Wildman–Crippen MR) is 105 cm³/mol. The van der Waals surface area contributed by atoms with E-state index < -0.39 is 17.1 Å². The first-order valence-corrected chi connectivity index (χ1v) is 8.84. The number of aliphatic hydroxyl groups is 2. The third kappa shape index (κ3) is 4.28. The third-order valence-corrected chi connectivity index (χ3v) is 4.51. The van der Waals surface area contributed by atoms with E-state index >= 15 is 0 Å². The molecule has 0 saturated carbocycles. The summed E-state index contributed by atoms with van der Waals surface area (Å²) >= 11 is 0. The number of fused-ring (bicyclic) bond motifs is 1. The van der Waals surface area contributed by atoms with Crippen molar-refractivity contribution in [3.8, 4) is 28.9 Å². The summed E-state index contributed by atoms with van der Waals surface area (Å²) in [7, 11) is 1.37. The Balaban J connectivity index is 2.16. The van der Waals surface area contributed by atoms with Gasteiger partial charge in [0.1, 0.15) is 28.4 Å². The molecule has 3 aromatic rings. The van der Waals surface area contributed by atoms with E-state index in [4.69, 9.17) is 13.9 Å². The minimum atomic E-state index is -1.42. The molecular weight excluding hydrogens is 380 g/mol. The zero-order valence-electron chi connectivity index (χ0n) is 16.2. The van der Waals surface area contributed by atoms with E-state index in [1.54, 1.807) is 0 Å². The third-order valence-electron chi connectivity index (χ3n) is 4.51. The Kier molecular flexibility index (Phi) is 5.41. The number of hydrogen-bond donors (Lipinski definition) is 4. The smallest absolute Gasteiger partial charge is 0.294 e. The molecule has 0 unspecified atom stereocenters. The molecule has 3 rings (SSSR count). The van der Waals surface area contributed by atoms with Crippen LogP contribution in [0.1, 0.15) is 19.4 Å². The van der Waals surface area contributed by atoms with Crippen LogP contribution in [0.25, 0.3) is 11.0 Å². The average Bonchev–Trinajstić information content (AvgIpc) is 2.64. The van der Waals surface area contributed by atoms with E-state index in [0.29, 0.717) is 11.3 Å². The van der Waals surface area contributed by atoms with Crippen molar-refractivity contribution in [3.05, 3.63) is 52.2 Å². The summed E-state index contributed by atoms with van der Waals surface area (Å²) in [5.74, 6) is 0.0525. The van der Waals surface area contributed by atoms with Crippen molar-refractivity contribution in [2.24, 2.45) is 0 Å². The molecule has 0 saturated heterocycles. The fourth-order valence-corrected chi connectivity index (χ4v) is 2.82. The van der Waals surface area contributed by atoms with Crippen molar-refractivity contribution in [3.63, 3.8) is 0 Å². The number of ether oxygens (including phenoxy) is 2. The lowest BCUT2D eigenvalue weighted by molar-refractivity contribution is -0.0470. The Morgan fingerprint density at radius 2 is 1.79 bits per heavy atom. The molecule has 0 amide bonds. The normalized spacial score (nSPS) is 12.7. The maximum atomic E-state index is 12.6. The van der Waals surface area contributed by atoms with E-state index in [-0.39, 0.29) is 40.6 Å². The van der Waals surface area contributed by atoms with Gasteiger partial charge < -0.3 is 34.3 Å². The monoisotopic (exact) mass is 402 g/mol. The van der Waals surface area contributed by atoms with Crippen LogP contribution in [-0.4, -0.2) is 39.2 Å². The topological polar surface area (TPSA) is 130 Å². The highest BCUT2D eigenvalue weighted by atomic mass is 16.6. The molecule has 154 valence electrons. The van der Waals surface area contributed by atoms with Crippen LogP contribution in [0, 0.1) is 0 Å². The lowest BCUT2D eigenvalue weighted by atomic mass is 9.93. The standard InChI is InChI=1S/C21H22O8/c1-21(2,26)17(25)8-13-16(27-3)9-14(23)19-15(24)10-18(29-20(13)19)28-12-6-4-11(22)5-7-12/h4-7,9-10,17,22-23,25-26H,8H2,1-3H3/t17-/m1/s1. The number of benzene rings is 2. The molecule has 1 aromatic heterocycles. The van der Waals surface area contributed by atoms with Gasteiger partial charge in [0, 0.05) is 18.1 Å². The first-order valence-electron chi connectivity index (χ1n) is 8.84. The van der Waals surface area contributed by atoms with Crippen LogP contribution in [0.2, 0.25) is 0 Å². The van der Waals surface area contributed by atoms with Crippen molar-refractivity contribution >= 4 is 11.0 Å². The summed E-state index contributed by atoms with van der Waals surface area (Å²) in [6.07, 6.45) is -1.30. The van der Waals surface area contributed by atoms with Gasteiger partial charge in [-0.25, -0.2) is 0 Å². The Hall–Kier alpha value is -3.23. The van der Waals surface area contributed by atoms with E-state index in [2.05, 4.69) is 0 Å². The minimum absolute atomic E-state index is 0.0218. The molecule has 0 spiro atoms. The number of hydrogen-bond acceptors (Lipinski definition) is 8. The fraction of sp³-hybridized carbons (Fsp3) is 0.286. The van der Waals surface area contributed by atoms with Crippen LogP contribution in [-0.2, 0) is 6.42 Å². The zero-order chi connectivity index (χ0) is 21.3. The molecule has 0 fully saturated rings. The molecule has 0 aliphatic rings. The molecule has 1 atom stereocenters. The van der Waals surface area contributed by atoms with Crippen LogP contribution in [0.5, 0.6) is 28.9 Å². The molecule has 8 nitrogen and oxygen atoms in total. The second-order valence-electron chi connectivity index (χ2n) is 7.18. The fourth-order valence-electron chi connectivity index (χ4n) is 2.82. The van der Waals surface area contributed by atoms with Crippen molar-refractivity contribution in [1.82, 2.24) is 0 Å². The van der Waals surface area contributed by atoms with Gasteiger partial charge in [-0.05, 0) is 38.1 Å². The van der Waals surface area contributed by atoms with Crippen molar-refractivity contribution in [2.75, 3.05) is 7.11 Å². The second kappa shape index (κ2) is 7.65. The van der Waals surface area contributed by atoms with Gasteiger partial charge in [-0.1, -0.05) is 0 Å². The van der Waals surface area contributed by atoms with E-state index in [1.807, 2.05) is 0 Å². The molecule has 0 bridgehead atoms. The summed E-state index contributed by atoms with van der Waals surface area (Å²) in [6.45, 7) is 2.89. The lowest BCUT2D eigenvalue weighted by Crippen LogP contribution is -2.37. The number of rotatable bonds is 6. The molecule has 0 aliphatic heterocycles. The molecule has 0 aliphatic carbocycles. The summed E-state index contributed by atoms with van der Waals surface area (Å²) < 4.78 is 16.6. The van der Waals surface area contributed by atoms with Gasteiger partial charge in [0.2, 0.25) is 0 Å². The molecule has 29 heavy (non-hydrogen) atoms. The summed E-state index contributed by atoms with van der Waals surface area (Å²) in [5.41, 5.74) is -1.70. The highest BCUT2D eigenvalue weighted by molar-refractivity contribution is 5.88. The summed E-state index contributed by atoms with van der Waals surface area (Å²) in [5, 5.41) is 40.0. The summed E-state index contributed by atoms with van der Waals surface area (Å²) in [6, 6.07) is 8.13. The lowest BCUT2D eigenvalue weighted by Gasteiger charge is -2.25. The van der Waals surface area contributed by atoms with Gasteiger partial charge in [0.05, 0.1) is 24.9 Å². The Labute approximate surface area is 166 Å². The summed E-state index contributed by atoms with van der Waals surface area (Å²) in [4.78, 5) is 12.6. The maximum absolute atomic E-state index is 12.6. The van der Waals surface area contributed by atoms with Gasteiger partial charge in [0.15, 0.2) is 11.0 Å². The van der Waals surface area contributed by atoms with Gasteiger partial charge in [-0.15, -0.1) is 0 Å². The first kappa shape index (κ1) is 20.5. The molecule has 2 aromatic carbocycles. The number of aromatic hydroxyl groups is 2. The average molecular weight is 402 g/mol. The largest absolute Gasteiger partial charge is 0.508 e. The van der Waals surface area contributed by atoms with Crippen molar-refractivity contribution in [2.45, 2.75) is 32.0 Å². The van der Waals surface area contributed by atoms with Gasteiger partial charge in [-0.3, -0.25) is 4.79 Å². The SMILES string of the molecule is COc1cc(O)c2c(=O)cc(Oc3ccc(O)cc3)oc2c1C[C@@H](O)C(C)(C)O. The Morgan fingerprint density at radius 1 is 1.14 bits per heavy atom. The van der Waals surface area contributed by atoms with E-state index in [9.17, 15) is 25.2 Å². The number of methoxy groups -OCH3 is 1. The highest BCUT2D eigenvalue weighted by Gasteiger charge is 2.28. The second-order valence-corrected chi connectivity index (χ2v) is 7.18. The zero-order valence-corrected chi connectivity index (χ0v) is 16.2. The van der Waals surface area contributed by atoms with Crippen LogP contribution >= 0.6 is 0 Å². The number of phenolic OH excluding ortho intramolecular Hbond substituents is 2. The minimum Gasteiger partial charge on any atom is -0.508 e. The Bertz CT molecular complexity index is 1080. The van der Waals surface area contributed by atoms with Crippen LogP contribution in [0.15, 0.2) is 45.6 Å². The van der Waals surface area contributed by atoms with Crippen molar-refractivity contribution < 1.29 is 34.3 Å². The predicted octanol–water partition coefficient (Wildman–Crippen LogP) is 2.68. The molecular formula is C21H22O8. The molecule has 8 heteroatoms. The molecule has 1 heterocycles. The highest BCUT2D eigenvalue weighted by Crippen LogP contribution is 2.37. The number of phenols is 2. The van der Waals surface area contributed by atoms with Crippen LogP contribution in [0.4, 0.5) is 0 Å². The van der Waals surface area contributed by atoms with Crippen LogP contribution in [0.3, 0.4) is 0 Å². The quantitative estimate of drug-likeness (QED) is 0.495. The van der Waals surface area contributed by atoms with Gasteiger partial charge in [0.25, 0.3) is 5.95 Å². The van der Waals surface area contributed by atoms with Gasteiger partial charge in [-0.2, -0.15) is 0 Å². The van der Waals surface area contributed by atoms with E-state index in [0.717, 1.165) is 6.07 Å².